The third-order valence-corrected chi connectivity index (χ3v) is 5.52. The number of ether oxygens (including phenoxy) is 2. The summed E-state index contributed by atoms with van der Waals surface area (Å²) in [4.78, 5) is 29.0. The van der Waals surface area contributed by atoms with Crippen molar-refractivity contribution in [2.75, 3.05) is 13.7 Å². The predicted molar refractivity (Wildman–Crippen MR) is 131 cm³/mol. The predicted octanol–water partition coefficient (Wildman–Crippen LogP) is 5.04. The summed E-state index contributed by atoms with van der Waals surface area (Å²) in [5.74, 6) is 0.624. The number of nitro benzene ring substituents is 1. The van der Waals surface area contributed by atoms with Crippen molar-refractivity contribution in [1.82, 2.24) is 9.66 Å². The van der Waals surface area contributed by atoms with E-state index in [0.717, 1.165) is 10.9 Å². The van der Waals surface area contributed by atoms with Crippen LogP contribution in [0.3, 0.4) is 0 Å². The highest BCUT2D eigenvalue weighted by molar-refractivity contribution is 9.10. The normalized spacial score (nSPS) is 12.1. The highest BCUT2D eigenvalue weighted by Crippen LogP contribution is 2.38. The quantitative estimate of drug-likeness (QED) is 0.171. The van der Waals surface area contributed by atoms with Crippen molar-refractivity contribution >= 4 is 38.7 Å². The summed E-state index contributed by atoms with van der Waals surface area (Å²) in [6.45, 7) is 7.58. The van der Waals surface area contributed by atoms with Gasteiger partial charge in [-0.15, -0.1) is 0 Å². The van der Waals surface area contributed by atoms with Gasteiger partial charge in [0.05, 0.1) is 29.2 Å². The second kappa shape index (κ2) is 10.4. The number of methoxy groups -OCH3 is 1. The lowest BCUT2D eigenvalue weighted by atomic mass is 10.1. The third-order valence-electron chi connectivity index (χ3n) is 5.03. The van der Waals surface area contributed by atoms with Crippen molar-refractivity contribution in [1.29, 1.82) is 0 Å². The van der Waals surface area contributed by atoms with Crippen LogP contribution in [0.1, 0.15) is 37.6 Å². The Hall–Kier alpha value is -3.53. The summed E-state index contributed by atoms with van der Waals surface area (Å²) < 4.78 is 12.7. The Kier molecular flexibility index (Phi) is 7.59. The standard InChI is InChI=1S/C23H23BrN4O5/c1-5-9-33-21-19(28(30)31)10-15(11-20(21)32-4)13-25-27-22(14(3)6-2)26-18-8-7-16(24)12-17(18)23(27)29/h5,7-8,10-14H,1,6,9H2,2-4H3/t14-/m0/s1. The van der Waals surface area contributed by atoms with E-state index in [0.29, 0.717) is 22.3 Å². The lowest BCUT2D eigenvalue weighted by Gasteiger charge is -2.14. The van der Waals surface area contributed by atoms with Gasteiger partial charge < -0.3 is 9.47 Å². The average molecular weight is 515 g/mol. The number of halogens is 1. The number of hydrogen-bond donors (Lipinski definition) is 0. The summed E-state index contributed by atoms with van der Waals surface area (Å²) >= 11 is 3.38. The minimum absolute atomic E-state index is 0.00534. The Morgan fingerprint density at radius 2 is 2.12 bits per heavy atom. The van der Waals surface area contributed by atoms with Gasteiger partial charge in [0.25, 0.3) is 5.56 Å². The summed E-state index contributed by atoms with van der Waals surface area (Å²) in [6.07, 6.45) is 3.59. The molecule has 1 aromatic heterocycles. The molecule has 0 aliphatic carbocycles. The molecule has 0 unspecified atom stereocenters. The van der Waals surface area contributed by atoms with E-state index >= 15 is 0 Å². The number of rotatable bonds is 9. The molecule has 0 aliphatic heterocycles. The minimum Gasteiger partial charge on any atom is -0.493 e. The molecule has 0 spiro atoms. The molecule has 0 amide bonds. The van der Waals surface area contributed by atoms with E-state index in [1.165, 1.54) is 30.1 Å². The van der Waals surface area contributed by atoms with Crippen LogP contribution in [-0.2, 0) is 0 Å². The molecular formula is C23H23BrN4O5. The van der Waals surface area contributed by atoms with Crippen LogP contribution >= 0.6 is 15.9 Å². The fraction of sp³-hybridized carbons (Fsp3) is 0.261. The van der Waals surface area contributed by atoms with E-state index in [1.54, 1.807) is 18.2 Å². The molecule has 1 heterocycles. The monoisotopic (exact) mass is 514 g/mol. The molecule has 1 atom stereocenters. The van der Waals surface area contributed by atoms with Gasteiger partial charge >= 0.3 is 5.69 Å². The molecule has 0 saturated heterocycles. The van der Waals surface area contributed by atoms with Crippen molar-refractivity contribution in [2.45, 2.75) is 26.2 Å². The second-order valence-electron chi connectivity index (χ2n) is 7.23. The Morgan fingerprint density at radius 1 is 1.36 bits per heavy atom. The molecule has 10 heteroatoms. The van der Waals surface area contributed by atoms with Crippen LogP contribution < -0.4 is 15.0 Å². The molecule has 0 saturated carbocycles. The van der Waals surface area contributed by atoms with Gasteiger partial charge in [0.1, 0.15) is 12.4 Å². The van der Waals surface area contributed by atoms with Gasteiger partial charge in [-0.25, -0.2) is 4.98 Å². The molecule has 3 rings (SSSR count). The van der Waals surface area contributed by atoms with Crippen LogP contribution in [0.25, 0.3) is 10.9 Å². The zero-order valence-corrected chi connectivity index (χ0v) is 20.0. The van der Waals surface area contributed by atoms with E-state index < -0.39 is 4.92 Å². The second-order valence-corrected chi connectivity index (χ2v) is 8.15. The molecule has 33 heavy (non-hydrogen) atoms. The Balaban J connectivity index is 2.18. The molecule has 3 aromatic rings. The SMILES string of the molecule is C=CCOc1c(OC)cc(C=Nn2c([C@@H](C)CC)nc3ccc(Br)cc3c2=O)cc1[N+](=O)[O-]. The zero-order valence-electron chi connectivity index (χ0n) is 18.4. The van der Waals surface area contributed by atoms with Crippen molar-refractivity contribution in [3.63, 3.8) is 0 Å². The Morgan fingerprint density at radius 3 is 2.76 bits per heavy atom. The largest absolute Gasteiger partial charge is 0.493 e. The summed E-state index contributed by atoms with van der Waals surface area (Å²) in [5.41, 5.74) is 0.319. The number of nitro groups is 1. The third kappa shape index (κ3) is 5.11. The molecule has 0 N–H and O–H groups in total. The van der Waals surface area contributed by atoms with Gasteiger partial charge in [0, 0.05) is 22.0 Å². The van der Waals surface area contributed by atoms with E-state index in [2.05, 4.69) is 32.6 Å². The van der Waals surface area contributed by atoms with E-state index in [-0.39, 0.29) is 35.3 Å². The fourth-order valence-corrected chi connectivity index (χ4v) is 3.52. The number of benzene rings is 2. The Labute approximate surface area is 198 Å². The number of aromatic nitrogens is 2. The van der Waals surface area contributed by atoms with Gasteiger partial charge in [-0.3, -0.25) is 14.9 Å². The highest BCUT2D eigenvalue weighted by Gasteiger charge is 2.22. The van der Waals surface area contributed by atoms with Crippen LogP contribution in [0.5, 0.6) is 11.5 Å². The first-order chi connectivity index (χ1) is 15.8. The maximum absolute atomic E-state index is 13.2. The molecule has 172 valence electrons. The van der Waals surface area contributed by atoms with Gasteiger partial charge in [0.15, 0.2) is 5.75 Å². The first-order valence-corrected chi connectivity index (χ1v) is 11.0. The van der Waals surface area contributed by atoms with E-state index in [1.807, 2.05) is 19.9 Å². The maximum Gasteiger partial charge on any atom is 0.315 e. The summed E-state index contributed by atoms with van der Waals surface area (Å²) in [7, 11) is 1.39. The number of fused-ring (bicyclic) bond motifs is 1. The number of hydrogen-bond acceptors (Lipinski definition) is 7. The first-order valence-electron chi connectivity index (χ1n) is 10.2. The van der Waals surface area contributed by atoms with Crippen LogP contribution in [0.15, 0.2) is 57.4 Å². The fourth-order valence-electron chi connectivity index (χ4n) is 3.16. The van der Waals surface area contributed by atoms with Gasteiger partial charge in [-0.05, 0) is 30.7 Å². The minimum atomic E-state index is -0.565. The zero-order chi connectivity index (χ0) is 24.1. The molecule has 2 aromatic carbocycles. The van der Waals surface area contributed by atoms with Crippen LogP contribution in [0, 0.1) is 10.1 Å². The molecule has 0 fully saturated rings. The van der Waals surface area contributed by atoms with Crippen molar-refractivity contribution in [3.8, 4) is 11.5 Å². The van der Waals surface area contributed by atoms with Crippen molar-refractivity contribution in [2.24, 2.45) is 5.10 Å². The number of nitrogens with zero attached hydrogens (tertiary/aromatic N) is 4. The smallest absolute Gasteiger partial charge is 0.315 e. The maximum atomic E-state index is 13.2. The Bertz CT molecular complexity index is 1300. The van der Waals surface area contributed by atoms with Crippen molar-refractivity contribution < 1.29 is 14.4 Å². The summed E-state index contributed by atoms with van der Waals surface area (Å²) in [6, 6.07) is 8.15. The molecular weight excluding hydrogens is 492 g/mol. The lowest BCUT2D eigenvalue weighted by Crippen LogP contribution is -2.23. The van der Waals surface area contributed by atoms with Crippen LogP contribution in [-0.4, -0.2) is 34.5 Å². The molecule has 9 nitrogen and oxygen atoms in total. The summed E-state index contributed by atoms with van der Waals surface area (Å²) in [5, 5.41) is 16.4. The van der Waals surface area contributed by atoms with E-state index in [4.69, 9.17) is 9.47 Å². The van der Waals surface area contributed by atoms with Crippen LogP contribution in [0.2, 0.25) is 0 Å². The first kappa shape index (κ1) is 24.1. The van der Waals surface area contributed by atoms with Gasteiger partial charge in [-0.1, -0.05) is 42.4 Å². The van der Waals surface area contributed by atoms with E-state index in [9.17, 15) is 14.9 Å². The average Bonchev–Trinajstić information content (AvgIpc) is 2.81. The van der Waals surface area contributed by atoms with Gasteiger partial charge in [0.2, 0.25) is 5.75 Å². The lowest BCUT2D eigenvalue weighted by molar-refractivity contribution is -0.385. The van der Waals surface area contributed by atoms with Crippen LogP contribution in [0.4, 0.5) is 5.69 Å². The molecule has 0 radical (unpaired) electrons. The van der Waals surface area contributed by atoms with Crippen molar-refractivity contribution in [3.05, 3.63) is 79.3 Å². The molecule has 0 bridgehead atoms. The topological polar surface area (TPSA) is 109 Å². The van der Waals surface area contributed by atoms with Gasteiger partial charge in [-0.2, -0.15) is 9.78 Å². The molecule has 0 aliphatic rings. The highest BCUT2D eigenvalue weighted by atomic mass is 79.9.